The summed E-state index contributed by atoms with van der Waals surface area (Å²) >= 11 is 0. The van der Waals surface area contributed by atoms with E-state index in [1.807, 2.05) is 0 Å². The molecule has 0 aliphatic heterocycles. The number of aromatic nitrogens is 1. The van der Waals surface area contributed by atoms with Gasteiger partial charge in [0.15, 0.2) is 0 Å². The van der Waals surface area contributed by atoms with Gasteiger partial charge in [0, 0.05) is 27.5 Å². The maximum Gasteiger partial charge on any atom is 0.123 e. The number of nitrogens with zero attached hydrogens (tertiary/aromatic N) is 2. The van der Waals surface area contributed by atoms with Gasteiger partial charge in [-0.2, -0.15) is 0 Å². The highest BCUT2D eigenvalue weighted by atomic mass is 15.2. The second-order valence-electron chi connectivity index (χ2n) is 16.8. The van der Waals surface area contributed by atoms with Gasteiger partial charge >= 0.3 is 0 Å². The van der Waals surface area contributed by atoms with Gasteiger partial charge in [-0.1, -0.05) is 206 Å². The van der Waals surface area contributed by atoms with Crippen LogP contribution in [0.5, 0.6) is 0 Å². The summed E-state index contributed by atoms with van der Waals surface area (Å²) in [6.07, 6.45) is 0. The maximum absolute atomic E-state index is 2.68. The SMILES string of the molecule is c1ccc2c(c1)-c1ccccc1C2(c1cccc2ccccc12)n1c2ccccc2c2ccc(N(c3ccc(-c4cccc5ccccc45)cc3)c3cccc4ccccc34)cc21. The van der Waals surface area contributed by atoms with E-state index in [0.29, 0.717) is 0 Å². The van der Waals surface area contributed by atoms with Gasteiger partial charge in [0.25, 0.3) is 0 Å². The predicted octanol–water partition coefficient (Wildman–Crippen LogP) is 16.2. The molecule has 0 bridgehead atoms. The average Bonchev–Trinajstić information content (AvgIpc) is 3.84. The Bertz CT molecular complexity index is 3700. The fourth-order valence-corrected chi connectivity index (χ4v) is 11.0. The average molecular weight is 801 g/mol. The van der Waals surface area contributed by atoms with Gasteiger partial charge in [0.1, 0.15) is 5.54 Å². The molecule has 0 N–H and O–H groups in total. The second kappa shape index (κ2) is 13.9. The van der Waals surface area contributed by atoms with E-state index in [4.69, 9.17) is 0 Å². The van der Waals surface area contributed by atoms with Crippen LogP contribution in [0.25, 0.3) is 76.4 Å². The molecule has 0 saturated heterocycles. The monoisotopic (exact) mass is 800 g/mol. The van der Waals surface area contributed by atoms with E-state index < -0.39 is 5.54 Å². The van der Waals surface area contributed by atoms with Crippen molar-refractivity contribution in [1.29, 1.82) is 0 Å². The normalized spacial score (nSPS) is 12.9. The number of hydrogen-bond donors (Lipinski definition) is 0. The van der Waals surface area contributed by atoms with Gasteiger partial charge in [-0.25, -0.2) is 0 Å². The van der Waals surface area contributed by atoms with Crippen LogP contribution in [0.3, 0.4) is 0 Å². The number of anilines is 3. The molecule has 0 fully saturated rings. The maximum atomic E-state index is 2.68. The van der Waals surface area contributed by atoms with Crippen LogP contribution in [-0.2, 0) is 5.54 Å². The molecule has 12 aromatic rings. The van der Waals surface area contributed by atoms with Crippen molar-refractivity contribution in [3.63, 3.8) is 0 Å². The molecule has 0 amide bonds. The third kappa shape index (κ3) is 5.19. The minimum absolute atomic E-state index is 0.696. The number of hydrogen-bond acceptors (Lipinski definition) is 1. The zero-order valence-corrected chi connectivity index (χ0v) is 34.5. The highest BCUT2D eigenvalue weighted by molar-refractivity contribution is 6.11. The number of benzene rings is 11. The molecule has 1 aromatic heterocycles. The van der Waals surface area contributed by atoms with E-state index in [-0.39, 0.29) is 0 Å². The fourth-order valence-electron chi connectivity index (χ4n) is 11.0. The lowest BCUT2D eigenvalue weighted by atomic mass is 9.77. The van der Waals surface area contributed by atoms with Gasteiger partial charge in [-0.15, -0.1) is 0 Å². The first-order valence-electron chi connectivity index (χ1n) is 21.8. The highest BCUT2D eigenvalue weighted by Gasteiger charge is 2.48. The Labute approximate surface area is 366 Å². The van der Waals surface area contributed by atoms with Crippen LogP contribution >= 0.6 is 0 Å². The lowest BCUT2D eigenvalue weighted by molar-refractivity contribution is 0.568. The van der Waals surface area contributed by atoms with E-state index in [2.05, 4.69) is 252 Å². The first kappa shape index (κ1) is 35.5. The van der Waals surface area contributed by atoms with Crippen molar-refractivity contribution in [3.8, 4) is 22.3 Å². The van der Waals surface area contributed by atoms with Crippen molar-refractivity contribution in [1.82, 2.24) is 4.57 Å². The number of rotatable bonds is 6. The van der Waals surface area contributed by atoms with Crippen molar-refractivity contribution >= 4 is 71.2 Å². The van der Waals surface area contributed by atoms with Crippen LogP contribution in [0.1, 0.15) is 16.7 Å². The molecule has 0 saturated carbocycles. The summed E-state index contributed by atoms with van der Waals surface area (Å²) in [7, 11) is 0. The first-order chi connectivity index (χ1) is 31.3. The molecule has 0 atom stereocenters. The van der Waals surface area contributed by atoms with Crippen LogP contribution in [0.15, 0.2) is 243 Å². The van der Waals surface area contributed by atoms with Crippen LogP contribution in [-0.4, -0.2) is 4.57 Å². The largest absolute Gasteiger partial charge is 0.322 e. The van der Waals surface area contributed by atoms with Crippen LogP contribution in [0.4, 0.5) is 17.1 Å². The molecule has 0 spiro atoms. The van der Waals surface area contributed by atoms with Crippen LogP contribution in [0.2, 0.25) is 0 Å². The summed E-state index contributed by atoms with van der Waals surface area (Å²) < 4.78 is 2.68. The summed E-state index contributed by atoms with van der Waals surface area (Å²) in [5.74, 6) is 0. The molecule has 2 heteroatoms. The Kier molecular flexibility index (Phi) is 7.85. The standard InChI is InChI=1S/C61H40N2/c1-4-22-47-41(16-1)19-13-28-48(47)44-34-36-45(37-35-44)62(58-33-15-21-43-18-3-6-24-50(43)58)46-38-39-54-53-27-9-12-32-59(53)63(60(54)40-46)61(55-31-14-20-42-17-2-5-23-49(42)55)56-29-10-7-25-51(56)52-26-8-11-30-57(52)61/h1-40H. The molecule has 2 nitrogen and oxygen atoms in total. The quantitative estimate of drug-likeness (QED) is 0.163. The van der Waals surface area contributed by atoms with Gasteiger partial charge in [0.2, 0.25) is 0 Å². The molecule has 1 aliphatic rings. The van der Waals surface area contributed by atoms with Crippen molar-refractivity contribution in [2.45, 2.75) is 5.54 Å². The molecule has 11 aromatic carbocycles. The van der Waals surface area contributed by atoms with E-state index in [9.17, 15) is 0 Å². The Morgan fingerprint density at radius 1 is 0.302 bits per heavy atom. The molecule has 0 unspecified atom stereocenters. The van der Waals surface area contributed by atoms with E-state index >= 15 is 0 Å². The van der Waals surface area contributed by atoms with Crippen molar-refractivity contribution in [2.24, 2.45) is 0 Å². The summed E-state index contributed by atoms with van der Waals surface area (Å²) in [5.41, 5.74) is 13.8. The molecular formula is C61H40N2. The highest BCUT2D eigenvalue weighted by Crippen LogP contribution is 2.57. The lowest BCUT2D eigenvalue weighted by Crippen LogP contribution is -2.36. The smallest absolute Gasteiger partial charge is 0.123 e. The van der Waals surface area contributed by atoms with Gasteiger partial charge in [-0.05, 0) is 102 Å². The van der Waals surface area contributed by atoms with Gasteiger partial charge in [0.05, 0.1) is 16.7 Å². The predicted molar refractivity (Wildman–Crippen MR) is 266 cm³/mol. The van der Waals surface area contributed by atoms with Crippen molar-refractivity contribution in [2.75, 3.05) is 4.90 Å². The molecule has 13 rings (SSSR count). The molecule has 0 radical (unpaired) electrons. The summed E-state index contributed by atoms with van der Waals surface area (Å²) in [4.78, 5) is 2.46. The molecule has 1 aliphatic carbocycles. The fraction of sp³-hybridized carbons (Fsp3) is 0.0164. The molecule has 63 heavy (non-hydrogen) atoms. The summed E-state index contributed by atoms with van der Waals surface area (Å²) in [5, 5.41) is 9.84. The second-order valence-corrected chi connectivity index (χ2v) is 16.8. The van der Waals surface area contributed by atoms with Gasteiger partial charge in [-0.3, -0.25) is 0 Å². The number of para-hydroxylation sites is 1. The summed E-state index contributed by atoms with van der Waals surface area (Å²) in [6, 6.07) is 89.8. The third-order valence-electron chi connectivity index (χ3n) is 13.6. The Balaban J connectivity index is 1.12. The Hall–Kier alpha value is -8.20. The molecule has 294 valence electrons. The molecular weight excluding hydrogens is 761 g/mol. The Morgan fingerprint density at radius 3 is 1.51 bits per heavy atom. The summed E-state index contributed by atoms with van der Waals surface area (Å²) in [6.45, 7) is 0. The van der Waals surface area contributed by atoms with Crippen LogP contribution < -0.4 is 4.90 Å². The lowest BCUT2D eigenvalue weighted by Gasteiger charge is -2.37. The Morgan fingerprint density at radius 2 is 0.778 bits per heavy atom. The van der Waals surface area contributed by atoms with Crippen molar-refractivity contribution in [3.05, 3.63) is 259 Å². The molecule has 1 heterocycles. The van der Waals surface area contributed by atoms with Crippen molar-refractivity contribution < 1.29 is 0 Å². The third-order valence-corrected chi connectivity index (χ3v) is 13.6. The first-order valence-corrected chi connectivity index (χ1v) is 21.8. The van der Waals surface area contributed by atoms with E-state index in [1.54, 1.807) is 0 Å². The van der Waals surface area contributed by atoms with E-state index in [0.717, 1.165) is 17.1 Å². The zero-order valence-electron chi connectivity index (χ0n) is 34.5. The van der Waals surface area contributed by atoms with Crippen LogP contribution in [0, 0.1) is 0 Å². The van der Waals surface area contributed by atoms with E-state index in [1.165, 1.54) is 93.1 Å². The number of fused-ring (bicyclic) bond motifs is 9. The topological polar surface area (TPSA) is 8.17 Å². The van der Waals surface area contributed by atoms with Gasteiger partial charge < -0.3 is 9.47 Å². The minimum Gasteiger partial charge on any atom is -0.322 e. The minimum atomic E-state index is -0.696. The zero-order chi connectivity index (χ0) is 41.5.